The maximum absolute atomic E-state index is 12.6. The summed E-state index contributed by atoms with van der Waals surface area (Å²) in [6.07, 6.45) is 3.53. The first-order valence-corrected chi connectivity index (χ1v) is 7.71. The predicted octanol–water partition coefficient (Wildman–Crippen LogP) is 2.99. The van der Waals surface area contributed by atoms with Crippen LogP contribution in [-0.2, 0) is 6.54 Å². The summed E-state index contributed by atoms with van der Waals surface area (Å²) in [4.78, 5) is 20.6. The highest BCUT2D eigenvalue weighted by atomic mass is 16.2. The molecule has 2 rings (SSSR count). The van der Waals surface area contributed by atoms with Crippen molar-refractivity contribution >= 4 is 11.7 Å². The molecule has 0 bridgehead atoms. The van der Waals surface area contributed by atoms with E-state index in [4.69, 9.17) is 0 Å². The van der Waals surface area contributed by atoms with E-state index in [-0.39, 0.29) is 6.03 Å². The largest absolute Gasteiger partial charge is 0.322 e. The summed E-state index contributed by atoms with van der Waals surface area (Å²) >= 11 is 0. The van der Waals surface area contributed by atoms with E-state index in [0.717, 1.165) is 17.8 Å². The number of pyridine rings is 1. The first-order valence-electron chi connectivity index (χ1n) is 7.71. The first kappa shape index (κ1) is 17.0. The molecule has 5 nitrogen and oxygen atoms in total. The molecular formula is C18H24N4O. The van der Waals surface area contributed by atoms with Crippen LogP contribution in [0.2, 0.25) is 0 Å². The Hall–Kier alpha value is -2.40. The SMILES string of the molecule is Cc1ccc(NC(=O)N(CCN(C)C)Cc2cccnc2)cc1. The summed E-state index contributed by atoms with van der Waals surface area (Å²) in [5, 5.41) is 2.96. The van der Waals surface area contributed by atoms with E-state index in [9.17, 15) is 4.79 Å². The van der Waals surface area contributed by atoms with Crippen LogP contribution in [0, 0.1) is 6.92 Å². The number of hydrogen-bond acceptors (Lipinski definition) is 3. The van der Waals surface area contributed by atoms with Gasteiger partial charge in [-0.25, -0.2) is 4.79 Å². The molecule has 0 spiro atoms. The molecule has 2 amide bonds. The van der Waals surface area contributed by atoms with Crippen LogP contribution in [0.5, 0.6) is 0 Å². The van der Waals surface area contributed by atoms with Crippen LogP contribution in [0.3, 0.4) is 0 Å². The number of benzene rings is 1. The standard InChI is InChI=1S/C18H24N4O/c1-15-6-8-17(9-7-15)20-18(23)22(12-11-21(2)3)14-16-5-4-10-19-13-16/h4-10,13H,11-12,14H2,1-3H3,(H,20,23). The van der Waals surface area contributed by atoms with Gasteiger partial charge in [0.1, 0.15) is 0 Å². The highest BCUT2D eigenvalue weighted by molar-refractivity contribution is 5.89. The van der Waals surface area contributed by atoms with Gasteiger partial charge < -0.3 is 15.1 Å². The number of anilines is 1. The van der Waals surface area contributed by atoms with Crippen molar-refractivity contribution in [1.29, 1.82) is 0 Å². The maximum atomic E-state index is 12.6. The molecule has 23 heavy (non-hydrogen) atoms. The molecular weight excluding hydrogens is 288 g/mol. The van der Waals surface area contributed by atoms with Crippen LogP contribution < -0.4 is 5.32 Å². The lowest BCUT2D eigenvalue weighted by atomic mass is 10.2. The van der Waals surface area contributed by atoms with E-state index >= 15 is 0 Å². The van der Waals surface area contributed by atoms with Crippen LogP contribution in [0.1, 0.15) is 11.1 Å². The number of carbonyl (C=O) groups is 1. The molecule has 0 aliphatic rings. The molecule has 1 aromatic heterocycles. The van der Waals surface area contributed by atoms with E-state index < -0.39 is 0 Å². The minimum absolute atomic E-state index is 0.0976. The van der Waals surface area contributed by atoms with Crippen molar-refractivity contribution < 1.29 is 4.79 Å². The minimum atomic E-state index is -0.0976. The molecule has 0 aliphatic carbocycles. The van der Waals surface area contributed by atoms with Crippen molar-refractivity contribution in [1.82, 2.24) is 14.8 Å². The van der Waals surface area contributed by atoms with Crippen molar-refractivity contribution in [2.75, 3.05) is 32.5 Å². The highest BCUT2D eigenvalue weighted by Crippen LogP contribution is 2.11. The van der Waals surface area contributed by atoms with Gasteiger partial charge in [-0.05, 0) is 44.8 Å². The van der Waals surface area contributed by atoms with Crippen LogP contribution in [0.25, 0.3) is 0 Å². The predicted molar refractivity (Wildman–Crippen MR) is 93.4 cm³/mol. The Balaban J connectivity index is 2.05. The molecule has 122 valence electrons. The number of nitrogens with one attached hydrogen (secondary N) is 1. The monoisotopic (exact) mass is 312 g/mol. The molecule has 0 radical (unpaired) electrons. The van der Waals surface area contributed by atoms with Gasteiger partial charge in [-0.15, -0.1) is 0 Å². The number of aromatic nitrogens is 1. The number of likely N-dealkylation sites (N-methyl/N-ethyl adjacent to an activating group) is 1. The van der Waals surface area contributed by atoms with E-state index in [0.29, 0.717) is 13.1 Å². The van der Waals surface area contributed by atoms with E-state index in [1.165, 1.54) is 5.56 Å². The third-order valence-electron chi connectivity index (χ3n) is 3.50. The van der Waals surface area contributed by atoms with Crippen molar-refractivity contribution in [3.8, 4) is 0 Å². The molecule has 0 atom stereocenters. The fourth-order valence-corrected chi connectivity index (χ4v) is 2.12. The van der Waals surface area contributed by atoms with Crippen molar-refractivity contribution in [2.45, 2.75) is 13.5 Å². The van der Waals surface area contributed by atoms with Crippen LogP contribution in [0.15, 0.2) is 48.8 Å². The third kappa shape index (κ3) is 5.71. The highest BCUT2D eigenvalue weighted by Gasteiger charge is 2.14. The van der Waals surface area contributed by atoms with Crippen LogP contribution >= 0.6 is 0 Å². The number of nitrogens with zero attached hydrogens (tertiary/aromatic N) is 3. The second-order valence-electron chi connectivity index (χ2n) is 5.88. The topological polar surface area (TPSA) is 48.5 Å². The summed E-state index contributed by atoms with van der Waals surface area (Å²) in [5.74, 6) is 0. The van der Waals surface area contributed by atoms with E-state index in [2.05, 4.69) is 15.2 Å². The Labute approximate surface area is 137 Å². The fraction of sp³-hybridized carbons (Fsp3) is 0.333. The summed E-state index contributed by atoms with van der Waals surface area (Å²) in [5.41, 5.74) is 3.00. The van der Waals surface area contributed by atoms with Gasteiger partial charge in [-0.3, -0.25) is 4.98 Å². The Bertz CT molecular complexity index is 611. The van der Waals surface area contributed by atoms with Gasteiger partial charge in [0.05, 0.1) is 0 Å². The number of hydrogen-bond donors (Lipinski definition) is 1. The number of rotatable bonds is 6. The molecule has 0 saturated heterocycles. The Morgan fingerprint density at radius 3 is 2.48 bits per heavy atom. The average Bonchev–Trinajstić information content (AvgIpc) is 2.54. The maximum Gasteiger partial charge on any atom is 0.322 e. The van der Waals surface area contributed by atoms with Crippen LogP contribution in [0.4, 0.5) is 10.5 Å². The molecule has 1 N–H and O–H groups in total. The molecule has 2 aromatic rings. The molecule has 0 fully saturated rings. The van der Waals surface area contributed by atoms with Gasteiger partial charge in [-0.1, -0.05) is 23.8 Å². The number of urea groups is 1. The summed E-state index contributed by atoms with van der Waals surface area (Å²) in [7, 11) is 4.00. The molecule has 1 aromatic carbocycles. The zero-order valence-electron chi connectivity index (χ0n) is 14.0. The van der Waals surface area contributed by atoms with Gasteiger partial charge in [0, 0.05) is 37.7 Å². The number of carbonyl (C=O) groups excluding carboxylic acids is 1. The van der Waals surface area contributed by atoms with Gasteiger partial charge in [0.25, 0.3) is 0 Å². The third-order valence-corrected chi connectivity index (χ3v) is 3.50. The van der Waals surface area contributed by atoms with Gasteiger partial charge in [0.15, 0.2) is 0 Å². The number of amides is 2. The number of aryl methyl sites for hydroxylation is 1. The van der Waals surface area contributed by atoms with E-state index in [1.54, 1.807) is 17.3 Å². The zero-order chi connectivity index (χ0) is 16.7. The Kier molecular flexibility index (Phi) is 6.11. The smallest absolute Gasteiger partial charge is 0.319 e. The minimum Gasteiger partial charge on any atom is -0.319 e. The lowest BCUT2D eigenvalue weighted by molar-refractivity contribution is 0.202. The van der Waals surface area contributed by atoms with Crippen LogP contribution in [-0.4, -0.2) is 48.0 Å². The van der Waals surface area contributed by atoms with Crippen molar-refractivity contribution in [3.63, 3.8) is 0 Å². The molecule has 0 unspecified atom stereocenters. The van der Waals surface area contributed by atoms with E-state index in [1.807, 2.05) is 57.4 Å². The Morgan fingerprint density at radius 1 is 1.13 bits per heavy atom. The molecule has 0 saturated carbocycles. The second kappa shape index (κ2) is 8.29. The second-order valence-corrected chi connectivity index (χ2v) is 5.88. The van der Waals surface area contributed by atoms with Crippen molar-refractivity contribution in [3.05, 3.63) is 59.9 Å². The Morgan fingerprint density at radius 2 is 1.87 bits per heavy atom. The summed E-state index contributed by atoms with van der Waals surface area (Å²) in [6, 6.07) is 11.6. The normalized spacial score (nSPS) is 10.6. The first-order chi connectivity index (χ1) is 11.0. The zero-order valence-corrected chi connectivity index (χ0v) is 14.0. The summed E-state index contributed by atoms with van der Waals surface area (Å²) < 4.78 is 0. The molecule has 5 heteroatoms. The molecule has 1 heterocycles. The summed E-state index contributed by atoms with van der Waals surface area (Å²) in [6.45, 7) is 4.03. The lowest BCUT2D eigenvalue weighted by Gasteiger charge is -2.24. The average molecular weight is 312 g/mol. The molecule has 0 aliphatic heterocycles. The van der Waals surface area contributed by atoms with Gasteiger partial charge >= 0.3 is 6.03 Å². The fourth-order valence-electron chi connectivity index (χ4n) is 2.12. The van der Waals surface area contributed by atoms with Gasteiger partial charge in [0.2, 0.25) is 0 Å². The lowest BCUT2D eigenvalue weighted by Crippen LogP contribution is -2.39. The van der Waals surface area contributed by atoms with Crippen molar-refractivity contribution in [2.24, 2.45) is 0 Å². The quantitative estimate of drug-likeness (QED) is 0.892. The van der Waals surface area contributed by atoms with Gasteiger partial charge in [-0.2, -0.15) is 0 Å².